The number of unbranched alkanes of at least 4 members (excludes halogenated alkanes) is 3. The Hall–Kier alpha value is -1.53. The number of hydrogen-bond acceptors (Lipinski definition) is 6. The Labute approximate surface area is 187 Å². The summed E-state index contributed by atoms with van der Waals surface area (Å²) >= 11 is 0. The van der Waals surface area contributed by atoms with Crippen LogP contribution in [0.5, 0.6) is 0 Å². The van der Waals surface area contributed by atoms with E-state index in [2.05, 4.69) is 30.7 Å². The number of rotatable bonds is 16. The third kappa shape index (κ3) is 9.65. The van der Waals surface area contributed by atoms with Gasteiger partial charge in [0.25, 0.3) is 5.78 Å². The standard InChI is InChI=1S/C25H42O6/c1-4-7-12-19(5-2)13-11-14-20-16-17-22(26)21(20)15-9-8-10-18-25(29,30)23(27)24(28)31-6-3/h11,14,19-21,29-30H,4-10,12-13,15-18H2,1-3H3/t19-,20+,21-/m1/s1. The van der Waals surface area contributed by atoms with Crippen molar-refractivity contribution in [1.29, 1.82) is 0 Å². The number of aliphatic hydroxyl groups is 2. The summed E-state index contributed by atoms with van der Waals surface area (Å²) in [5.74, 6) is -3.84. The normalized spacial score (nSPS) is 20.4. The molecule has 1 fully saturated rings. The third-order valence-electron chi connectivity index (χ3n) is 6.42. The monoisotopic (exact) mass is 438 g/mol. The molecule has 0 radical (unpaired) electrons. The third-order valence-corrected chi connectivity index (χ3v) is 6.42. The minimum absolute atomic E-state index is 0.00350. The molecular formula is C25H42O6. The minimum atomic E-state index is -2.69. The van der Waals surface area contributed by atoms with Gasteiger partial charge in [0.15, 0.2) is 0 Å². The molecule has 0 unspecified atom stereocenters. The summed E-state index contributed by atoms with van der Waals surface area (Å²) in [6, 6.07) is 0. The van der Waals surface area contributed by atoms with Gasteiger partial charge in [-0.05, 0) is 44.4 Å². The fraction of sp³-hybridized carbons (Fsp3) is 0.800. The van der Waals surface area contributed by atoms with Gasteiger partial charge in [0.05, 0.1) is 6.61 Å². The number of hydrogen-bond donors (Lipinski definition) is 2. The second kappa shape index (κ2) is 14.5. The highest BCUT2D eigenvalue weighted by Gasteiger charge is 2.38. The second-order valence-electron chi connectivity index (χ2n) is 8.82. The van der Waals surface area contributed by atoms with Gasteiger partial charge < -0.3 is 14.9 Å². The molecule has 1 aliphatic rings. The van der Waals surface area contributed by atoms with Gasteiger partial charge in [0.2, 0.25) is 5.79 Å². The average molecular weight is 439 g/mol. The highest BCUT2D eigenvalue weighted by atomic mass is 16.6. The zero-order valence-corrected chi connectivity index (χ0v) is 19.6. The van der Waals surface area contributed by atoms with E-state index in [1.54, 1.807) is 6.92 Å². The van der Waals surface area contributed by atoms with Crippen LogP contribution in [0.2, 0.25) is 0 Å². The van der Waals surface area contributed by atoms with E-state index in [9.17, 15) is 24.6 Å². The maximum Gasteiger partial charge on any atom is 0.380 e. The molecule has 0 aromatic rings. The van der Waals surface area contributed by atoms with Crippen LogP contribution in [0.15, 0.2) is 12.2 Å². The van der Waals surface area contributed by atoms with Crippen LogP contribution in [0, 0.1) is 17.8 Å². The van der Waals surface area contributed by atoms with Crippen molar-refractivity contribution in [1.82, 2.24) is 0 Å². The van der Waals surface area contributed by atoms with E-state index in [1.165, 1.54) is 25.7 Å². The zero-order valence-electron chi connectivity index (χ0n) is 19.6. The summed E-state index contributed by atoms with van der Waals surface area (Å²) in [7, 11) is 0. The number of ketones is 2. The first-order chi connectivity index (χ1) is 14.8. The molecular weight excluding hydrogens is 396 g/mol. The number of carbonyl (C=O) groups is 3. The van der Waals surface area contributed by atoms with Gasteiger partial charge in [-0.25, -0.2) is 4.79 Å². The first kappa shape index (κ1) is 27.5. The highest BCUT2D eigenvalue weighted by Crippen LogP contribution is 2.34. The molecule has 3 atom stereocenters. The average Bonchev–Trinajstić information content (AvgIpc) is 3.09. The van der Waals surface area contributed by atoms with E-state index in [0.717, 1.165) is 31.6 Å². The maximum atomic E-state index is 12.3. The summed E-state index contributed by atoms with van der Waals surface area (Å²) in [5, 5.41) is 19.7. The summed E-state index contributed by atoms with van der Waals surface area (Å²) in [6.07, 6.45) is 14.5. The van der Waals surface area contributed by atoms with Gasteiger partial charge in [0, 0.05) is 18.8 Å². The Balaban J connectivity index is 2.40. The molecule has 1 aliphatic carbocycles. The molecule has 0 bridgehead atoms. The maximum absolute atomic E-state index is 12.3. The van der Waals surface area contributed by atoms with Crippen molar-refractivity contribution in [3.8, 4) is 0 Å². The molecule has 178 valence electrons. The lowest BCUT2D eigenvalue weighted by molar-refractivity contribution is -0.193. The van der Waals surface area contributed by atoms with Crippen molar-refractivity contribution < 1.29 is 29.3 Å². The predicted octanol–water partition coefficient (Wildman–Crippen LogP) is 4.51. The van der Waals surface area contributed by atoms with Crippen molar-refractivity contribution in [3.05, 3.63) is 12.2 Å². The van der Waals surface area contributed by atoms with Crippen LogP contribution in [0.1, 0.15) is 97.8 Å². The predicted molar refractivity (Wildman–Crippen MR) is 120 cm³/mol. The summed E-state index contributed by atoms with van der Waals surface area (Å²) in [5.41, 5.74) is 0. The highest BCUT2D eigenvalue weighted by molar-refractivity contribution is 6.36. The molecule has 31 heavy (non-hydrogen) atoms. The largest absolute Gasteiger partial charge is 0.460 e. The lowest BCUT2D eigenvalue weighted by Crippen LogP contribution is -2.43. The van der Waals surface area contributed by atoms with Crippen LogP contribution in [-0.2, 0) is 19.1 Å². The summed E-state index contributed by atoms with van der Waals surface area (Å²) in [6.45, 7) is 6.01. The first-order valence-corrected chi connectivity index (χ1v) is 12.1. The van der Waals surface area contributed by atoms with Crippen LogP contribution in [0.25, 0.3) is 0 Å². The molecule has 0 aromatic heterocycles. The van der Waals surface area contributed by atoms with Crippen molar-refractivity contribution in [2.75, 3.05) is 6.61 Å². The van der Waals surface area contributed by atoms with Crippen LogP contribution in [0.3, 0.4) is 0 Å². The SMILES string of the molecule is CCCC[C@@H](CC)CC=C[C@H]1CCC(=O)[C@@H]1CCCCCC(O)(O)C(=O)C(=O)OCC. The van der Waals surface area contributed by atoms with Crippen LogP contribution in [-0.4, -0.2) is 40.1 Å². The van der Waals surface area contributed by atoms with E-state index < -0.39 is 17.5 Å². The molecule has 0 amide bonds. The van der Waals surface area contributed by atoms with Gasteiger partial charge >= 0.3 is 5.97 Å². The number of carbonyl (C=O) groups excluding carboxylic acids is 3. The lowest BCUT2D eigenvalue weighted by Gasteiger charge is -2.19. The summed E-state index contributed by atoms with van der Waals surface area (Å²) in [4.78, 5) is 35.4. The molecule has 2 N–H and O–H groups in total. The number of esters is 1. The van der Waals surface area contributed by atoms with E-state index in [1.807, 2.05) is 0 Å². The Morgan fingerprint density at radius 3 is 2.55 bits per heavy atom. The second-order valence-corrected chi connectivity index (χ2v) is 8.82. The first-order valence-electron chi connectivity index (χ1n) is 12.1. The summed E-state index contributed by atoms with van der Waals surface area (Å²) < 4.78 is 4.53. The molecule has 6 nitrogen and oxygen atoms in total. The Morgan fingerprint density at radius 1 is 1.16 bits per heavy atom. The molecule has 6 heteroatoms. The van der Waals surface area contributed by atoms with E-state index in [4.69, 9.17) is 0 Å². The Bertz CT molecular complexity index is 595. The molecule has 0 spiro atoms. The molecule has 0 heterocycles. The minimum Gasteiger partial charge on any atom is -0.460 e. The van der Waals surface area contributed by atoms with Gasteiger partial charge in [-0.15, -0.1) is 0 Å². The van der Waals surface area contributed by atoms with Crippen LogP contribution in [0.4, 0.5) is 0 Å². The topological polar surface area (TPSA) is 101 Å². The number of allylic oxidation sites excluding steroid dienone is 2. The molecule has 0 saturated heterocycles. The van der Waals surface area contributed by atoms with E-state index in [-0.39, 0.29) is 18.9 Å². The van der Waals surface area contributed by atoms with Crippen molar-refractivity contribution >= 4 is 17.5 Å². The molecule has 1 rings (SSSR count). The number of ether oxygens (including phenoxy) is 1. The number of Topliss-reactive ketones (excluding diaryl/α,β-unsaturated/α-hetero) is 2. The quantitative estimate of drug-likeness (QED) is 0.121. The zero-order chi connectivity index (χ0) is 23.3. The lowest BCUT2D eigenvalue weighted by atomic mass is 9.88. The fourth-order valence-corrected chi connectivity index (χ4v) is 4.35. The Kier molecular flexibility index (Phi) is 12.9. The van der Waals surface area contributed by atoms with Gasteiger partial charge in [-0.1, -0.05) is 64.5 Å². The van der Waals surface area contributed by atoms with Gasteiger partial charge in [0.1, 0.15) is 5.78 Å². The van der Waals surface area contributed by atoms with E-state index >= 15 is 0 Å². The van der Waals surface area contributed by atoms with Gasteiger partial charge in [-0.3, -0.25) is 9.59 Å². The van der Waals surface area contributed by atoms with Crippen LogP contribution < -0.4 is 0 Å². The molecule has 0 aliphatic heterocycles. The van der Waals surface area contributed by atoms with E-state index in [0.29, 0.717) is 31.0 Å². The molecule has 1 saturated carbocycles. The van der Waals surface area contributed by atoms with Crippen molar-refractivity contribution in [3.63, 3.8) is 0 Å². The molecule has 0 aromatic carbocycles. The fourth-order valence-electron chi connectivity index (χ4n) is 4.35. The smallest absolute Gasteiger partial charge is 0.380 e. The van der Waals surface area contributed by atoms with Gasteiger partial charge in [-0.2, -0.15) is 0 Å². The van der Waals surface area contributed by atoms with Crippen molar-refractivity contribution in [2.45, 2.75) is 104 Å². The van der Waals surface area contributed by atoms with Crippen molar-refractivity contribution in [2.24, 2.45) is 17.8 Å². The Morgan fingerprint density at radius 2 is 1.90 bits per heavy atom. The van der Waals surface area contributed by atoms with Crippen LogP contribution >= 0.6 is 0 Å².